The summed E-state index contributed by atoms with van der Waals surface area (Å²) in [6.45, 7) is 3.97. The number of aryl methyl sites for hydroxylation is 2. The van der Waals surface area contributed by atoms with E-state index in [0.29, 0.717) is 18.5 Å². The summed E-state index contributed by atoms with van der Waals surface area (Å²) in [6, 6.07) is 13.5. The molecular formula is C25H26FN3O4S. The number of aromatic nitrogens is 1. The van der Waals surface area contributed by atoms with E-state index in [2.05, 4.69) is 10.5 Å². The first-order valence-corrected chi connectivity index (χ1v) is 12.5. The molecule has 1 aromatic heterocycles. The Morgan fingerprint density at radius 2 is 1.82 bits per heavy atom. The van der Waals surface area contributed by atoms with Crippen LogP contribution in [0.5, 0.6) is 0 Å². The number of rotatable bonds is 6. The Kier molecular flexibility index (Phi) is 6.95. The highest BCUT2D eigenvalue weighted by molar-refractivity contribution is 7.89. The number of benzene rings is 2. The Hall–Kier alpha value is -3.30. The smallest absolute Gasteiger partial charge is 0.248 e. The van der Waals surface area contributed by atoms with Crippen molar-refractivity contribution in [1.82, 2.24) is 9.46 Å². The van der Waals surface area contributed by atoms with Crippen molar-refractivity contribution in [2.24, 2.45) is 5.92 Å². The summed E-state index contributed by atoms with van der Waals surface area (Å²) in [4.78, 5) is 12.6. The van der Waals surface area contributed by atoms with E-state index in [1.807, 2.05) is 31.2 Å². The first kappa shape index (κ1) is 23.8. The number of nitrogens with one attached hydrogen (secondary N) is 1. The summed E-state index contributed by atoms with van der Waals surface area (Å²) in [5.74, 6) is -0.871. The Bertz CT molecular complexity index is 1310. The second-order valence-electron chi connectivity index (χ2n) is 8.38. The van der Waals surface area contributed by atoms with E-state index in [1.54, 1.807) is 25.1 Å². The van der Waals surface area contributed by atoms with Gasteiger partial charge in [0.05, 0.1) is 0 Å². The van der Waals surface area contributed by atoms with Crippen LogP contribution >= 0.6 is 0 Å². The molecule has 178 valence electrons. The van der Waals surface area contributed by atoms with Crippen LogP contribution in [0.15, 0.2) is 57.9 Å². The Morgan fingerprint density at radius 3 is 2.50 bits per heavy atom. The molecule has 0 spiro atoms. The van der Waals surface area contributed by atoms with Crippen molar-refractivity contribution in [3.63, 3.8) is 0 Å². The molecular weight excluding hydrogens is 457 g/mol. The van der Waals surface area contributed by atoms with Crippen LogP contribution in [0.1, 0.15) is 35.4 Å². The number of piperidine rings is 1. The third-order valence-electron chi connectivity index (χ3n) is 5.85. The van der Waals surface area contributed by atoms with Gasteiger partial charge in [-0.3, -0.25) is 4.79 Å². The van der Waals surface area contributed by atoms with Crippen molar-refractivity contribution in [2.45, 2.75) is 31.6 Å². The Labute approximate surface area is 198 Å². The molecule has 0 unspecified atom stereocenters. The molecule has 34 heavy (non-hydrogen) atoms. The minimum Gasteiger partial charge on any atom is -0.355 e. The quantitative estimate of drug-likeness (QED) is 0.551. The standard InChI is InChI=1S/C25H26FN3O4S/c1-17-6-8-19(9-7-17)10-11-23-24(18(2)28-33-23)34(31,32)29-14-12-20(13-15-29)25(30)27-22-5-3-4-21(26)16-22/h3-11,16,20H,12-15H2,1-2H3,(H,27,30)/b11-10+. The van der Waals surface area contributed by atoms with Crippen molar-refractivity contribution in [3.8, 4) is 0 Å². The van der Waals surface area contributed by atoms with Crippen molar-refractivity contribution in [3.05, 3.63) is 76.9 Å². The highest BCUT2D eigenvalue weighted by atomic mass is 32.2. The second-order valence-corrected chi connectivity index (χ2v) is 10.3. The molecule has 0 bridgehead atoms. The normalized spacial score (nSPS) is 15.6. The van der Waals surface area contributed by atoms with Gasteiger partial charge >= 0.3 is 0 Å². The summed E-state index contributed by atoms with van der Waals surface area (Å²) in [5, 5.41) is 6.58. The first-order valence-electron chi connectivity index (χ1n) is 11.0. The highest BCUT2D eigenvalue weighted by Crippen LogP contribution is 2.29. The lowest BCUT2D eigenvalue weighted by Gasteiger charge is -2.30. The fraction of sp³-hybridized carbons (Fsp3) is 0.280. The number of anilines is 1. The van der Waals surface area contributed by atoms with Gasteiger partial charge < -0.3 is 9.84 Å². The molecule has 1 aliphatic rings. The first-order chi connectivity index (χ1) is 16.2. The number of hydrogen-bond acceptors (Lipinski definition) is 5. The van der Waals surface area contributed by atoms with Crippen molar-refractivity contribution in [1.29, 1.82) is 0 Å². The van der Waals surface area contributed by atoms with Gasteiger partial charge in [-0.05, 0) is 56.5 Å². The predicted octanol–water partition coefficient (Wildman–Crippen LogP) is 4.64. The fourth-order valence-electron chi connectivity index (χ4n) is 3.95. The molecule has 2 heterocycles. The van der Waals surface area contributed by atoms with E-state index >= 15 is 0 Å². The van der Waals surface area contributed by atoms with Crippen molar-refractivity contribution < 1.29 is 22.1 Å². The number of amides is 1. The number of carbonyl (C=O) groups is 1. The molecule has 0 aliphatic carbocycles. The third kappa shape index (κ3) is 5.26. The van der Waals surface area contributed by atoms with Crippen molar-refractivity contribution >= 4 is 33.8 Å². The molecule has 1 N–H and O–H groups in total. The molecule has 0 saturated carbocycles. The van der Waals surface area contributed by atoms with Crippen molar-refractivity contribution in [2.75, 3.05) is 18.4 Å². The number of sulfonamides is 1. The molecule has 1 aliphatic heterocycles. The summed E-state index contributed by atoms with van der Waals surface area (Å²) in [5.41, 5.74) is 2.71. The topological polar surface area (TPSA) is 92.5 Å². The van der Waals surface area contributed by atoms with E-state index < -0.39 is 15.8 Å². The fourth-order valence-corrected chi connectivity index (χ4v) is 5.67. The number of hydrogen-bond donors (Lipinski definition) is 1. The van der Waals surface area contributed by atoms with E-state index in [4.69, 9.17) is 4.52 Å². The predicted molar refractivity (Wildman–Crippen MR) is 128 cm³/mol. The molecule has 0 radical (unpaired) electrons. The number of carbonyl (C=O) groups excluding carboxylic acids is 1. The molecule has 9 heteroatoms. The van der Waals surface area contributed by atoms with E-state index in [-0.39, 0.29) is 41.3 Å². The molecule has 4 rings (SSSR count). The van der Waals surface area contributed by atoms with Crippen LogP contribution in [0.3, 0.4) is 0 Å². The van der Waals surface area contributed by atoms with Gasteiger partial charge in [-0.15, -0.1) is 0 Å². The molecule has 3 aromatic rings. The SMILES string of the molecule is Cc1ccc(/C=C/c2onc(C)c2S(=O)(=O)N2CCC(C(=O)Nc3cccc(F)c3)CC2)cc1. The highest BCUT2D eigenvalue weighted by Gasteiger charge is 2.35. The average molecular weight is 484 g/mol. The van der Waals surface area contributed by atoms with Crippen LogP contribution in [0.4, 0.5) is 10.1 Å². The van der Waals surface area contributed by atoms with E-state index in [0.717, 1.165) is 11.1 Å². The van der Waals surface area contributed by atoms with Gasteiger partial charge in [-0.25, -0.2) is 12.8 Å². The van der Waals surface area contributed by atoms with E-state index in [9.17, 15) is 17.6 Å². The molecule has 1 saturated heterocycles. The lowest BCUT2D eigenvalue weighted by Crippen LogP contribution is -2.41. The van der Waals surface area contributed by atoms with Gasteiger partial charge in [-0.2, -0.15) is 4.31 Å². The summed E-state index contributed by atoms with van der Waals surface area (Å²) >= 11 is 0. The zero-order valence-electron chi connectivity index (χ0n) is 19.0. The van der Waals surface area contributed by atoms with Crippen LogP contribution in [0.25, 0.3) is 12.2 Å². The maximum atomic E-state index is 13.4. The largest absolute Gasteiger partial charge is 0.355 e. The molecule has 1 amide bonds. The minimum atomic E-state index is -3.86. The summed E-state index contributed by atoms with van der Waals surface area (Å²) < 4.78 is 46.8. The van der Waals surface area contributed by atoms with E-state index in [1.165, 1.54) is 22.5 Å². The third-order valence-corrected chi connectivity index (χ3v) is 7.91. The molecule has 7 nitrogen and oxygen atoms in total. The van der Waals surface area contributed by atoms with Gasteiger partial charge in [0.2, 0.25) is 15.9 Å². The minimum absolute atomic E-state index is 0.0403. The van der Waals surface area contributed by atoms with Crippen LogP contribution in [0.2, 0.25) is 0 Å². The molecule has 2 aromatic carbocycles. The zero-order valence-corrected chi connectivity index (χ0v) is 19.8. The van der Waals surface area contributed by atoms with Crippen LogP contribution in [-0.4, -0.2) is 36.9 Å². The molecule has 1 fully saturated rings. The lowest BCUT2D eigenvalue weighted by molar-refractivity contribution is -0.120. The monoisotopic (exact) mass is 483 g/mol. The lowest BCUT2D eigenvalue weighted by atomic mass is 9.97. The number of halogens is 1. The average Bonchev–Trinajstić information content (AvgIpc) is 3.20. The van der Waals surface area contributed by atoms with Crippen LogP contribution < -0.4 is 5.32 Å². The zero-order chi connectivity index (χ0) is 24.3. The van der Waals surface area contributed by atoms with Gasteiger partial charge in [0.15, 0.2) is 10.7 Å². The van der Waals surface area contributed by atoms with Gasteiger partial charge in [0.25, 0.3) is 0 Å². The Morgan fingerprint density at radius 1 is 1.12 bits per heavy atom. The molecule has 0 atom stereocenters. The van der Waals surface area contributed by atoms with Gasteiger partial charge in [0, 0.05) is 24.7 Å². The van der Waals surface area contributed by atoms with Crippen LogP contribution in [-0.2, 0) is 14.8 Å². The maximum absolute atomic E-state index is 13.4. The van der Waals surface area contributed by atoms with Crippen LogP contribution in [0, 0.1) is 25.6 Å². The Balaban J connectivity index is 1.45. The second kappa shape index (κ2) is 9.90. The summed E-state index contributed by atoms with van der Waals surface area (Å²) in [6.07, 6.45) is 4.11. The van der Waals surface area contributed by atoms with Gasteiger partial charge in [0.1, 0.15) is 11.5 Å². The summed E-state index contributed by atoms with van der Waals surface area (Å²) in [7, 11) is -3.86. The van der Waals surface area contributed by atoms with Gasteiger partial charge in [-0.1, -0.05) is 47.1 Å². The maximum Gasteiger partial charge on any atom is 0.248 e. The number of nitrogens with zero attached hydrogens (tertiary/aromatic N) is 2.